The molecule has 2 N–H and O–H groups in total. The van der Waals surface area contributed by atoms with E-state index < -0.39 is 29.5 Å². The third-order valence-corrected chi connectivity index (χ3v) is 5.84. The van der Waals surface area contributed by atoms with Crippen LogP contribution in [0.3, 0.4) is 0 Å². The number of piperidine rings is 1. The van der Waals surface area contributed by atoms with Gasteiger partial charge in [-0.05, 0) is 13.0 Å². The number of hydrogen-bond donors (Lipinski definition) is 2. The SMILES string of the molecule is C=CC1CN(c2nc(C)cc(NC(=O)c3c(F)cc(Cl)c4c3CNC4=O)n2)CCC1(F)F. The fourth-order valence-electron chi connectivity index (χ4n) is 3.89. The highest BCUT2D eigenvalue weighted by Gasteiger charge is 2.43. The van der Waals surface area contributed by atoms with Crippen LogP contribution in [-0.4, -0.2) is 40.8 Å². The van der Waals surface area contributed by atoms with Gasteiger partial charge in [-0.15, -0.1) is 6.58 Å². The summed E-state index contributed by atoms with van der Waals surface area (Å²) in [5.41, 5.74) is 0.388. The fourth-order valence-corrected chi connectivity index (χ4v) is 4.19. The number of hydrogen-bond acceptors (Lipinski definition) is 5. The first-order chi connectivity index (χ1) is 15.1. The Kier molecular flexibility index (Phi) is 5.58. The van der Waals surface area contributed by atoms with Crippen LogP contribution < -0.4 is 15.5 Å². The zero-order valence-electron chi connectivity index (χ0n) is 17.0. The molecule has 1 unspecified atom stereocenters. The summed E-state index contributed by atoms with van der Waals surface area (Å²) >= 11 is 5.96. The molecular formula is C21H19ClF3N5O2. The predicted molar refractivity (Wildman–Crippen MR) is 113 cm³/mol. The molecule has 1 saturated heterocycles. The lowest BCUT2D eigenvalue weighted by Gasteiger charge is -2.37. The molecule has 0 bridgehead atoms. The van der Waals surface area contributed by atoms with Gasteiger partial charge in [-0.3, -0.25) is 9.59 Å². The molecule has 2 amide bonds. The average Bonchev–Trinajstić information content (AvgIpc) is 3.09. The van der Waals surface area contributed by atoms with Crippen LogP contribution in [0.1, 0.15) is 38.4 Å². The molecule has 168 valence electrons. The number of aryl methyl sites for hydroxylation is 1. The van der Waals surface area contributed by atoms with Crippen molar-refractivity contribution in [3.05, 3.63) is 58.0 Å². The highest BCUT2D eigenvalue weighted by atomic mass is 35.5. The van der Waals surface area contributed by atoms with Crippen molar-refractivity contribution in [2.45, 2.75) is 25.8 Å². The number of aromatic nitrogens is 2. The molecule has 7 nitrogen and oxygen atoms in total. The van der Waals surface area contributed by atoms with Crippen molar-refractivity contribution in [3.8, 4) is 0 Å². The highest BCUT2D eigenvalue weighted by Crippen LogP contribution is 2.35. The van der Waals surface area contributed by atoms with Crippen LogP contribution in [0.2, 0.25) is 5.02 Å². The van der Waals surface area contributed by atoms with E-state index in [1.807, 2.05) is 0 Å². The molecule has 2 aromatic rings. The number of alkyl halides is 2. The molecule has 0 spiro atoms. The van der Waals surface area contributed by atoms with Crippen molar-refractivity contribution in [3.63, 3.8) is 0 Å². The smallest absolute Gasteiger partial charge is 0.260 e. The maximum Gasteiger partial charge on any atom is 0.260 e. The van der Waals surface area contributed by atoms with Crippen LogP contribution in [0.5, 0.6) is 0 Å². The number of amides is 2. The molecule has 0 aliphatic carbocycles. The van der Waals surface area contributed by atoms with Gasteiger partial charge in [-0.1, -0.05) is 17.7 Å². The number of rotatable bonds is 4. The molecule has 0 saturated carbocycles. The van der Waals surface area contributed by atoms with Gasteiger partial charge >= 0.3 is 0 Å². The lowest BCUT2D eigenvalue weighted by atomic mass is 9.94. The maximum absolute atomic E-state index is 14.6. The van der Waals surface area contributed by atoms with E-state index in [1.54, 1.807) is 11.8 Å². The van der Waals surface area contributed by atoms with Crippen LogP contribution in [0.15, 0.2) is 24.8 Å². The van der Waals surface area contributed by atoms with Gasteiger partial charge in [-0.2, -0.15) is 4.98 Å². The van der Waals surface area contributed by atoms with Gasteiger partial charge in [0.25, 0.3) is 17.7 Å². The average molecular weight is 466 g/mol. The number of carbonyl (C=O) groups excluding carboxylic acids is 2. The van der Waals surface area contributed by atoms with Crippen molar-refractivity contribution in [1.29, 1.82) is 0 Å². The zero-order chi connectivity index (χ0) is 23.2. The van der Waals surface area contributed by atoms with Gasteiger partial charge in [0.05, 0.1) is 22.1 Å². The van der Waals surface area contributed by atoms with E-state index in [0.29, 0.717) is 5.69 Å². The summed E-state index contributed by atoms with van der Waals surface area (Å²) in [6.07, 6.45) is 0.829. The standard InChI is InChI=1S/C21H19ClF3N5O2/c1-3-11-9-30(5-4-21(11,24)25)20-27-10(2)6-15(29-20)28-19(32)17-12-8-26-18(31)16(12)13(22)7-14(17)23/h3,6-7,11H,1,4-5,8-9H2,2H3,(H,26,31)(H,27,28,29,32). The van der Waals surface area contributed by atoms with E-state index in [4.69, 9.17) is 11.6 Å². The molecule has 2 aliphatic rings. The van der Waals surface area contributed by atoms with Crippen molar-refractivity contribution in [2.75, 3.05) is 23.3 Å². The first kappa shape index (κ1) is 22.1. The van der Waals surface area contributed by atoms with Crippen LogP contribution >= 0.6 is 11.6 Å². The second-order valence-electron chi connectivity index (χ2n) is 7.70. The topological polar surface area (TPSA) is 87.2 Å². The highest BCUT2D eigenvalue weighted by molar-refractivity contribution is 6.34. The van der Waals surface area contributed by atoms with E-state index in [2.05, 4.69) is 27.2 Å². The Hall–Kier alpha value is -3.14. The second kappa shape index (κ2) is 8.09. The van der Waals surface area contributed by atoms with E-state index in [0.717, 1.165) is 6.07 Å². The van der Waals surface area contributed by atoms with E-state index in [-0.39, 0.29) is 59.5 Å². The normalized spacial score (nSPS) is 19.3. The molecule has 32 heavy (non-hydrogen) atoms. The number of carbonyl (C=O) groups is 2. The Morgan fingerprint density at radius 2 is 2.16 bits per heavy atom. The number of anilines is 2. The lowest BCUT2D eigenvalue weighted by molar-refractivity contribution is -0.0545. The van der Waals surface area contributed by atoms with Gasteiger partial charge in [0.1, 0.15) is 11.6 Å². The number of nitrogens with zero attached hydrogens (tertiary/aromatic N) is 3. The third-order valence-electron chi connectivity index (χ3n) is 5.54. The van der Waals surface area contributed by atoms with Gasteiger partial charge < -0.3 is 15.5 Å². The molecule has 11 heteroatoms. The summed E-state index contributed by atoms with van der Waals surface area (Å²) < 4.78 is 42.6. The van der Waals surface area contributed by atoms with E-state index in [9.17, 15) is 22.8 Å². The molecule has 3 heterocycles. The third kappa shape index (κ3) is 3.90. The monoisotopic (exact) mass is 465 g/mol. The first-order valence-electron chi connectivity index (χ1n) is 9.82. The molecule has 1 fully saturated rings. The number of fused-ring (bicyclic) bond motifs is 1. The Morgan fingerprint density at radius 3 is 2.88 bits per heavy atom. The maximum atomic E-state index is 14.6. The van der Waals surface area contributed by atoms with Crippen LogP contribution in [0.4, 0.5) is 24.9 Å². The van der Waals surface area contributed by atoms with E-state index >= 15 is 0 Å². The zero-order valence-corrected chi connectivity index (χ0v) is 17.8. The number of halogens is 4. The lowest BCUT2D eigenvalue weighted by Crippen LogP contribution is -2.47. The van der Waals surface area contributed by atoms with Crippen molar-refractivity contribution >= 4 is 35.2 Å². The Balaban J connectivity index is 1.62. The van der Waals surface area contributed by atoms with Crippen LogP contribution in [0.25, 0.3) is 0 Å². The molecule has 1 aromatic heterocycles. The van der Waals surface area contributed by atoms with Crippen molar-refractivity contribution in [1.82, 2.24) is 15.3 Å². The molecule has 1 aromatic carbocycles. The van der Waals surface area contributed by atoms with Gasteiger partial charge in [0, 0.05) is 43.4 Å². The van der Waals surface area contributed by atoms with Crippen LogP contribution in [0, 0.1) is 18.7 Å². The molecule has 2 aliphatic heterocycles. The quantitative estimate of drug-likeness (QED) is 0.672. The second-order valence-corrected chi connectivity index (χ2v) is 8.11. The molecule has 4 rings (SSSR count). The molecule has 1 atom stereocenters. The molecule has 0 radical (unpaired) electrons. The largest absolute Gasteiger partial charge is 0.348 e. The number of nitrogens with one attached hydrogen (secondary N) is 2. The Labute approximate surface area is 186 Å². The minimum Gasteiger partial charge on any atom is -0.348 e. The Morgan fingerprint density at radius 1 is 1.41 bits per heavy atom. The van der Waals surface area contributed by atoms with Crippen molar-refractivity contribution in [2.24, 2.45) is 5.92 Å². The van der Waals surface area contributed by atoms with Crippen molar-refractivity contribution < 1.29 is 22.8 Å². The summed E-state index contributed by atoms with van der Waals surface area (Å²) in [7, 11) is 0. The van der Waals surface area contributed by atoms with E-state index in [1.165, 1.54) is 12.1 Å². The number of benzene rings is 1. The summed E-state index contributed by atoms with van der Waals surface area (Å²) in [6.45, 7) is 5.11. The first-order valence-corrected chi connectivity index (χ1v) is 10.2. The summed E-state index contributed by atoms with van der Waals surface area (Å²) in [5.74, 6) is -5.86. The summed E-state index contributed by atoms with van der Waals surface area (Å²) in [5, 5.41) is 4.95. The Bertz CT molecular complexity index is 1140. The van der Waals surface area contributed by atoms with Gasteiger partial charge in [-0.25, -0.2) is 18.2 Å². The van der Waals surface area contributed by atoms with Crippen LogP contribution in [-0.2, 0) is 6.54 Å². The summed E-state index contributed by atoms with van der Waals surface area (Å²) in [4.78, 5) is 35.0. The fraction of sp³-hybridized carbons (Fsp3) is 0.333. The summed E-state index contributed by atoms with van der Waals surface area (Å²) in [6, 6.07) is 2.39. The minimum absolute atomic E-state index is 0.0273. The van der Waals surface area contributed by atoms with Gasteiger partial charge in [0.2, 0.25) is 5.95 Å². The molecular weight excluding hydrogens is 447 g/mol. The minimum atomic E-state index is -2.86. The van der Waals surface area contributed by atoms with Gasteiger partial charge in [0.15, 0.2) is 0 Å². The predicted octanol–water partition coefficient (Wildman–Crippen LogP) is 3.72.